The number of nitrogens with zero attached hydrogens (tertiary/aromatic N) is 2. The van der Waals surface area contributed by atoms with Gasteiger partial charge in [-0.1, -0.05) is 0 Å². The molecule has 0 amide bonds. The number of aromatic nitrogens is 2. The minimum absolute atomic E-state index is 0.139. The van der Waals surface area contributed by atoms with Crippen LogP contribution in [-0.4, -0.2) is 10.2 Å². The Bertz CT molecular complexity index is 763. The molecule has 0 spiro atoms. The molecule has 0 aromatic carbocycles. The van der Waals surface area contributed by atoms with Crippen LogP contribution in [0.5, 0.6) is 5.88 Å². The second-order valence-electron chi connectivity index (χ2n) is 4.86. The fraction of sp³-hybridized carbons (Fsp3) is 0.286. The Morgan fingerprint density at radius 3 is 2.80 bits per heavy atom. The highest BCUT2D eigenvalue weighted by molar-refractivity contribution is 7.12. The Hall–Kier alpha value is -2.26. The molecule has 0 fully saturated rings. The molecule has 3 heterocycles. The number of ether oxygens (including phenoxy) is 1. The monoisotopic (exact) mass is 286 g/mol. The Kier molecular flexibility index (Phi) is 2.80. The first-order valence-electron chi connectivity index (χ1n) is 6.22. The van der Waals surface area contributed by atoms with E-state index in [1.54, 1.807) is 11.3 Å². The van der Waals surface area contributed by atoms with Gasteiger partial charge in [-0.2, -0.15) is 5.26 Å². The molecule has 0 radical (unpaired) electrons. The molecule has 0 aliphatic carbocycles. The number of aromatic amines is 1. The Morgan fingerprint density at radius 1 is 1.45 bits per heavy atom. The minimum atomic E-state index is -0.201. The van der Waals surface area contributed by atoms with Crippen molar-refractivity contribution in [3.8, 4) is 11.9 Å². The van der Waals surface area contributed by atoms with Crippen LogP contribution in [0.25, 0.3) is 0 Å². The van der Waals surface area contributed by atoms with Crippen molar-refractivity contribution in [2.45, 2.75) is 26.7 Å². The topological polar surface area (TPSA) is 87.7 Å². The maximum atomic E-state index is 9.45. The second-order valence-corrected chi connectivity index (χ2v) is 6.32. The molecule has 6 heteroatoms. The van der Waals surface area contributed by atoms with Gasteiger partial charge in [-0.15, -0.1) is 16.4 Å². The summed E-state index contributed by atoms with van der Waals surface area (Å²) >= 11 is 1.72. The summed E-state index contributed by atoms with van der Waals surface area (Å²) in [6.45, 7) is 6.04. The lowest BCUT2D eigenvalue weighted by atomic mass is 9.84. The summed E-state index contributed by atoms with van der Waals surface area (Å²) in [7, 11) is 0. The van der Waals surface area contributed by atoms with Crippen molar-refractivity contribution in [1.82, 2.24) is 10.2 Å². The van der Waals surface area contributed by atoms with E-state index < -0.39 is 0 Å². The van der Waals surface area contributed by atoms with Gasteiger partial charge in [0.1, 0.15) is 11.6 Å². The first-order chi connectivity index (χ1) is 9.52. The van der Waals surface area contributed by atoms with Crippen LogP contribution in [0.1, 0.15) is 32.5 Å². The zero-order chi connectivity index (χ0) is 14.4. The maximum absolute atomic E-state index is 9.45. The van der Waals surface area contributed by atoms with Gasteiger partial charge >= 0.3 is 0 Å². The number of rotatable bonds is 1. The molecule has 2 aromatic rings. The van der Waals surface area contributed by atoms with Crippen LogP contribution in [-0.2, 0) is 0 Å². The molecule has 1 aliphatic heterocycles. The van der Waals surface area contributed by atoms with E-state index in [2.05, 4.69) is 36.2 Å². The van der Waals surface area contributed by atoms with E-state index in [0.717, 1.165) is 16.8 Å². The van der Waals surface area contributed by atoms with Gasteiger partial charge in [-0.05, 0) is 32.4 Å². The van der Waals surface area contributed by atoms with Crippen molar-refractivity contribution in [2.75, 3.05) is 0 Å². The summed E-state index contributed by atoms with van der Waals surface area (Å²) in [6.07, 6.45) is 0. The number of hydrogen-bond donors (Lipinski definition) is 2. The second kappa shape index (κ2) is 4.39. The lowest BCUT2D eigenvalue weighted by Gasteiger charge is -2.23. The van der Waals surface area contributed by atoms with Crippen molar-refractivity contribution in [3.05, 3.63) is 44.1 Å². The maximum Gasteiger partial charge on any atom is 0.244 e. The van der Waals surface area contributed by atoms with Crippen molar-refractivity contribution < 1.29 is 4.74 Å². The summed E-state index contributed by atoms with van der Waals surface area (Å²) in [4.78, 5) is 2.39. The van der Waals surface area contributed by atoms with Crippen molar-refractivity contribution in [3.63, 3.8) is 0 Å². The molecule has 0 saturated heterocycles. The predicted molar refractivity (Wildman–Crippen MR) is 76.4 cm³/mol. The summed E-state index contributed by atoms with van der Waals surface area (Å²) in [5.74, 6) is 0.402. The number of H-pyrrole nitrogens is 1. The summed E-state index contributed by atoms with van der Waals surface area (Å²) in [6, 6.07) is 4.30. The number of allylic oxidation sites excluding steroid dienone is 1. The molecule has 1 atom stereocenters. The number of thiophene rings is 1. The molecule has 1 aliphatic rings. The van der Waals surface area contributed by atoms with Gasteiger partial charge < -0.3 is 10.5 Å². The SMILES string of the molecule is Cc1cc([C@@H]2C(C#N)=C(N)Oc3n[nH]c(C)c32)c(C)s1. The Morgan fingerprint density at radius 2 is 2.20 bits per heavy atom. The molecule has 20 heavy (non-hydrogen) atoms. The van der Waals surface area contributed by atoms with E-state index in [9.17, 15) is 5.26 Å². The molecule has 0 unspecified atom stereocenters. The van der Waals surface area contributed by atoms with Crippen molar-refractivity contribution >= 4 is 11.3 Å². The zero-order valence-electron chi connectivity index (χ0n) is 11.4. The van der Waals surface area contributed by atoms with Gasteiger partial charge in [-0.25, -0.2) is 0 Å². The van der Waals surface area contributed by atoms with Gasteiger partial charge in [0.2, 0.25) is 11.8 Å². The summed E-state index contributed by atoms with van der Waals surface area (Å²) < 4.78 is 5.45. The quantitative estimate of drug-likeness (QED) is 0.843. The van der Waals surface area contributed by atoms with Crippen LogP contribution in [0.4, 0.5) is 0 Å². The average molecular weight is 286 g/mol. The fourth-order valence-corrected chi connectivity index (χ4v) is 3.61. The standard InChI is InChI=1S/C14H14N4OS/c1-6-4-9(8(3)20-6)12-10(5-15)13(16)19-14-11(12)7(2)17-18-14/h4,12H,16H2,1-3H3,(H,17,18)/t12-/m1/s1. The Balaban J connectivity index is 2.28. The smallest absolute Gasteiger partial charge is 0.244 e. The van der Waals surface area contributed by atoms with E-state index in [1.165, 1.54) is 9.75 Å². The van der Waals surface area contributed by atoms with Gasteiger partial charge in [0.15, 0.2) is 0 Å². The van der Waals surface area contributed by atoms with E-state index in [-0.39, 0.29) is 11.8 Å². The molecule has 5 nitrogen and oxygen atoms in total. The van der Waals surface area contributed by atoms with Crippen LogP contribution in [0, 0.1) is 32.1 Å². The van der Waals surface area contributed by atoms with Crippen LogP contribution in [0.3, 0.4) is 0 Å². The van der Waals surface area contributed by atoms with Gasteiger partial charge in [0.25, 0.3) is 0 Å². The summed E-state index contributed by atoms with van der Waals surface area (Å²) in [5, 5.41) is 16.5. The van der Waals surface area contributed by atoms with Crippen LogP contribution < -0.4 is 10.5 Å². The minimum Gasteiger partial charge on any atom is -0.420 e. The van der Waals surface area contributed by atoms with Crippen LogP contribution >= 0.6 is 11.3 Å². The van der Waals surface area contributed by atoms with E-state index in [0.29, 0.717) is 11.5 Å². The molecular formula is C14H14N4OS. The summed E-state index contributed by atoms with van der Waals surface area (Å²) in [5.41, 5.74) is 9.22. The van der Waals surface area contributed by atoms with Crippen LogP contribution in [0.15, 0.2) is 17.5 Å². The first kappa shape index (κ1) is 12.8. The van der Waals surface area contributed by atoms with E-state index in [4.69, 9.17) is 10.5 Å². The highest BCUT2D eigenvalue weighted by Gasteiger charge is 2.35. The number of nitrogens with two attached hydrogens (primary N) is 1. The van der Waals surface area contributed by atoms with Crippen molar-refractivity contribution in [2.24, 2.45) is 5.73 Å². The zero-order valence-corrected chi connectivity index (χ0v) is 12.3. The van der Waals surface area contributed by atoms with Crippen LogP contribution in [0.2, 0.25) is 0 Å². The molecule has 3 N–H and O–H groups in total. The highest BCUT2D eigenvalue weighted by Crippen LogP contribution is 2.44. The molecule has 0 saturated carbocycles. The highest BCUT2D eigenvalue weighted by atomic mass is 32.1. The number of aryl methyl sites for hydroxylation is 3. The average Bonchev–Trinajstić information content (AvgIpc) is 2.91. The van der Waals surface area contributed by atoms with E-state index >= 15 is 0 Å². The normalized spacial score (nSPS) is 17.6. The first-order valence-corrected chi connectivity index (χ1v) is 7.04. The third-order valence-corrected chi connectivity index (χ3v) is 4.50. The third kappa shape index (κ3) is 1.71. The lowest BCUT2D eigenvalue weighted by molar-refractivity contribution is 0.379. The lowest BCUT2D eigenvalue weighted by Crippen LogP contribution is -2.21. The molecule has 102 valence electrons. The molecule has 2 aromatic heterocycles. The largest absolute Gasteiger partial charge is 0.420 e. The molecule has 0 bridgehead atoms. The van der Waals surface area contributed by atoms with Crippen molar-refractivity contribution in [1.29, 1.82) is 5.26 Å². The van der Waals surface area contributed by atoms with Gasteiger partial charge in [0, 0.05) is 21.0 Å². The number of nitrogens with one attached hydrogen (secondary N) is 1. The van der Waals surface area contributed by atoms with Gasteiger partial charge in [0.05, 0.1) is 5.92 Å². The molecule has 3 rings (SSSR count). The number of nitriles is 1. The fourth-order valence-electron chi connectivity index (χ4n) is 2.65. The number of fused-ring (bicyclic) bond motifs is 1. The Labute approximate surface area is 120 Å². The third-order valence-electron chi connectivity index (χ3n) is 3.52. The van der Waals surface area contributed by atoms with Gasteiger partial charge in [-0.3, -0.25) is 5.10 Å². The predicted octanol–water partition coefficient (Wildman–Crippen LogP) is 2.61. The van der Waals surface area contributed by atoms with E-state index in [1.807, 2.05) is 6.92 Å². The number of hydrogen-bond acceptors (Lipinski definition) is 5. The molecular weight excluding hydrogens is 272 g/mol.